The van der Waals surface area contributed by atoms with Crippen LogP contribution in [0.5, 0.6) is 5.75 Å². The number of ether oxygens (including phenoxy) is 1. The third kappa shape index (κ3) is 3.76. The molecule has 0 spiro atoms. The number of aromatic amines is 1. The Kier molecular flexibility index (Phi) is 4.89. The van der Waals surface area contributed by atoms with Gasteiger partial charge in [0, 0.05) is 11.4 Å². The van der Waals surface area contributed by atoms with Gasteiger partial charge < -0.3 is 15.0 Å². The molecule has 2 N–H and O–H groups in total. The van der Waals surface area contributed by atoms with Crippen molar-refractivity contribution in [2.75, 3.05) is 0 Å². The molecule has 1 amide bonds. The van der Waals surface area contributed by atoms with Gasteiger partial charge in [-0.25, -0.2) is 4.98 Å². The SMILES string of the molecule is O=C(N[C@@H](Cc1ccccc1)c1nc2ccccc2[nH]1)C1Cc2cc(Cl)ccc2O1. The summed E-state index contributed by atoms with van der Waals surface area (Å²) < 4.78 is 5.87. The fourth-order valence-corrected chi connectivity index (χ4v) is 4.03. The van der Waals surface area contributed by atoms with Crippen LogP contribution in [0.3, 0.4) is 0 Å². The Morgan fingerprint density at radius 3 is 2.77 bits per heavy atom. The zero-order valence-corrected chi connectivity index (χ0v) is 16.9. The number of carbonyl (C=O) groups excluding carboxylic acids is 1. The Morgan fingerprint density at radius 1 is 1.13 bits per heavy atom. The number of hydrogen-bond donors (Lipinski definition) is 2. The summed E-state index contributed by atoms with van der Waals surface area (Å²) >= 11 is 6.08. The Hall–Kier alpha value is -3.31. The molecule has 0 saturated heterocycles. The predicted octanol–water partition coefficient (Wildman–Crippen LogP) is 4.62. The fraction of sp³-hybridized carbons (Fsp3) is 0.167. The van der Waals surface area contributed by atoms with Crippen molar-refractivity contribution in [3.05, 3.63) is 94.8 Å². The molecule has 3 aromatic carbocycles. The minimum atomic E-state index is -0.582. The third-order valence-corrected chi connectivity index (χ3v) is 5.56. The number of fused-ring (bicyclic) bond motifs is 2. The van der Waals surface area contributed by atoms with Gasteiger partial charge in [-0.05, 0) is 47.9 Å². The van der Waals surface area contributed by atoms with E-state index in [1.807, 2.05) is 66.7 Å². The molecular formula is C24H20ClN3O2. The van der Waals surface area contributed by atoms with Crippen LogP contribution in [-0.2, 0) is 17.6 Å². The molecule has 30 heavy (non-hydrogen) atoms. The highest BCUT2D eigenvalue weighted by atomic mass is 35.5. The van der Waals surface area contributed by atoms with Crippen LogP contribution >= 0.6 is 11.6 Å². The van der Waals surface area contributed by atoms with Gasteiger partial charge in [-0.1, -0.05) is 54.1 Å². The lowest BCUT2D eigenvalue weighted by molar-refractivity contribution is -0.128. The van der Waals surface area contributed by atoms with Crippen molar-refractivity contribution in [2.24, 2.45) is 0 Å². The van der Waals surface area contributed by atoms with Gasteiger partial charge in [0.15, 0.2) is 6.10 Å². The minimum absolute atomic E-state index is 0.163. The molecule has 1 aromatic heterocycles. The molecule has 2 atom stereocenters. The molecule has 6 heteroatoms. The number of rotatable bonds is 5. The molecule has 1 unspecified atom stereocenters. The first kappa shape index (κ1) is 18.7. The second kappa shape index (κ2) is 7.84. The maximum atomic E-state index is 13.1. The standard InChI is InChI=1S/C24H20ClN3O2/c25-17-10-11-21-16(13-17)14-22(30-21)24(29)28-20(12-15-6-2-1-3-7-15)23-26-18-8-4-5-9-19(18)27-23/h1-11,13,20,22H,12,14H2,(H,26,27)(H,28,29)/t20-,22?/m0/s1. The van der Waals surface area contributed by atoms with Crippen LogP contribution in [-0.4, -0.2) is 22.0 Å². The van der Waals surface area contributed by atoms with Crippen LogP contribution in [0.4, 0.5) is 0 Å². The number of nitrogens with one attached hydrogen (secondary N) is 2. The number of para-hydroxylation sites is 2. The van der Waals surface area contributed by atoms with Gasteiger partial charge >= 0.3 is 0 Å². The number of benzene rings is 3. The van der Waals surface area contributed by atoms with Gasteiger partial charge in [-0.2, -0.15) is 0 Å². The highest BCUT2D eigenvalue weighted by Crippen LogP contribution is 2.31. The highest BCUT2D eigenvalue weighted by Gasteiger charge is 2.31. The quantitative estimate of drug-likeness (QED) is 0.498. The molecule has 0 saturated carbocycles. The van der Waals surface area contributed by atoms with E-state index in [1.165, 1.54) is 0 Å². The van der Waals surface area contributed by atoms with E-state index in [-0.39, 0.29) is 11.9 Å². The van der Waals surface area contributed by atoms with E-state index in [0.717, 1.165) is 28.0 Å². The second-order valence-corrected chi connectivity index (χ2v) is 7.89. The van der Waals surface area contributed by atoms with E-state index in [1.54, 1.807) is 6.07 Å². The summed E-state index contributed by atoms with van der Waals surface area (Å²) in [6, 6.07) is 23.0. The van der Waals surface area contributed by atoms with Crippen molar-refractivity contribution in [3.63, 3.8) is 0 Å². The summed E-state index contributed by atoms with van der Waals surface area (Å²) in [5.41, 5.74) is 3.88. The smallest absolute Gasteiger partial charge is 0.262 e. The molecule has 0 bridgehead atoms. The largest absolute Gasteiger partial charge is 0.480 e. The molecule has 2 heterocycles. The maximum absolute atomic E-state index is 13.1. The van der Waals surface area contributed by atoms with Crippen LogP contribution in [0.2, 0.25) is 5.02 Å². The van der Waals surface area contributed by atoms with Crippen LogP contribution in [0.15, 0.2) is 72.8 Å². The molecular weight excluding hydrogens is 398 g/mol. The van der Waals surface area contributed by atoms with Crippen LogP contribution in [0.25, 0.3) is 11.0 Å². The zero-order valence-electron chi connectivity index (χ0n) is 16.1. The van der Waals surface area contributed by atoms with Crippen molar-refractivity contribution in [3.8, 4) is 5.75 Å². The molecule has 5 nitrogen and oxygen atoms in total. The van der Waals surface area contributed by atoms with E-state index < -0.39 is 6.10 Å². The third-order valence-electron chi connectivity index (χ3n) is 5.33. The average Bonchev–Trinajstić information content (AvgIpc) is 3.38. The Bertz CT molecular complexity index is 1170. The first-order valence-electron chi connectivity index (χ1n) is 9.90. The lowest BCUT2D eigenvalue weighted by Gasteiger charge is -2.19. The summed E-state index contributed by atoms with van der Waals surface area (Å²) in [5, 5.41) is 3.78. The molecule has 1 aliphatic rings. The van der Waals surface area contributed by atoms with Crippen LogP contribution < -0.4 is 10.1 Å². The van der Waals surface area contributed by atoms with E-state index >= 15 is 0 Å². The molecule has 5 rings (SSSR count). The van der Waals surface area contributed by atoms with E-state index in [9.17, 15) is 4.79 Å². The molecule has 4 aromatic rings. The lowest BCUT2D eigenvalue weighted by Crippen LogP contribution is -2.40. The van der Waals surface area contributed by atoms with Gasteiger partial charge in [0.25, 0.3) is 5.91 Å². The van der Waals surface area contributed by atoms with E-state index in [4.69, 9.17) is 21.3 Å². The number of hydrogen-bond acceptors (Lipinski definition) is 3. The monoisotopic (exact) mass is 417 g/mol. The average molecular weight is 418 g/mol. The van der Waals surface area contributed by atoms with E-state index in [2.05, 4.69) is 10.3 Å². The molecule has 1 aliphatic heterocycles. The first-order valence-corrected chi connectivity index (χ1v) is 10.3. The Labute approximate surface area is 179 Å². The summed E-state index contributed by atoms with van der Waals surface area (Å²) in [6.45, 7) is 0. The van der Waals surface area contributed by atoms with Crippen molar-refractivity contribution in [1.82, 2.24) is 15.3 Å². The van der Waals surface area contributed by atoms with Crippen molar-refractivity contribution in [1.29, 1.82) is 0 Å². The van der Waals surface area contributed by atoms with Crippen molar-refractivity contribution >= 4 is 28.5 Å². The lowest BCUT2D eigenvalue weighted by atomic mass is 10.0. The Balaban J connectivity index is 1.39. The van der Waals surface area contributed by atoms with Crippen molar-refractivity contribution in [2.45, 2.75) is 25.0 Å². The van der Waals surface area contributed by atoms with Gasteiger partial charge in [0.2, 0.25) is 0 Å². The van der Waals surface area contributed by atoms with Crippen LogP contribution in [0, 0.1) is 0 Å². The summed E-state index contributed by atoms with van der Waals surface area (Å²) in [4.78, 5) is 21.1. The molecule has 0 fully saturated rings. The van der Waals surface area contributed by atoms with Gasteiger partial charge in [-0.15, -0.1) is 0 Å². The number of H-pyrrole nitrogens is 1. The normalized spacial score (nSPS) is 16.1. The number of imidazole rings is 1. The topological polar surface area (TPSA) is 67.0 Å². The fourth-order valence-electron chi connectivity index (χ4n) is 3.83. The van der Waals surface area contributed by atoms with Gasteiger partial charge in [0.1, 0.15) is 11.6 Å². The number of aromatic nitrogens is 2. The molecule has 150 valence electrons. The number of nitrogens with zero attached hydrogens (tertiary/aromatic N) is 1. The van der Waals surface area contributed by atoms with Crippen molar-refractivity contribution < 1.29 is 9.53 Å². The van der Waals surface area contributed by atoms with Gasteiger partial charge in [0.05, 0.1) is 17.1 Å². The summed E-state index contributed by atoms with van der Waals surface area (Å²) in [5.74, 6) is 1.28. The number of carbonyl (C=O) groups is 1. The zero-order chi connectivity index (χ0) is 20.5. The summed E-state index contributed by atoms with van der Waals surface area (Å²) in [7, 11) is 0. The molecule has 0 aliphatic carbocycles. The second-order valence-electron chi connectivity index (χ2n) is 7.45. The summed E-state index contributed by atoms with van der Waals surface area (Å²) in [6.07, 6.45) is 0.541. The minimum Gasteiger partial charge on any atom is -0.480 e. The number of amides is 1. The van der Waals surface area contributed by atoms with E-state index in [0.29, 0.717) is 23.6 Å². The predicted molar refractivity (Wildman–Crippen MR) is 117 cm³/mol. The first-order chi connectivity index (χ1) is 14.7. The van der Waals surface area contributed by atoms with Crippen LogP contribution in [0.1, 0.15) is 23.0 Å². The number of halogens is 1. The Morgan fingerprint density at radius 2 is 1.93 bits per heavy atom. The maximum Gasteiger partial charge on any atom is 0.262 e. The van der Waals surface area contributed by atoms with Gasteiger partial charge in [-0.3, -0.25) is 4.79 Å². The molecule has 0 radical (unpaired) electrons. The highest BCUT2D eigenvalue weighted by molar-refractivity contribution is 6.30.